The van der Waals surface area contributed by atoms with Gasteiger partial charge < -0.3 is 9.47 Å². The second kappa shape index (κ2) is 5.50. The zero-order chi connectivity index (χ0) is 11.3. The van der Waals surface area contributed by atoms with E-state index < -0.39 is 0 Å². The van der Waals surface area contributed by atoms with Crippen molar-refractivity contribution in [1.82, 2.24) is 9.78 Å². The van der Waals surface area contributed by atoms with Crippen molar-refractivity contribution < 1.29 is 14.3 Å². The molecule has 0 unspecified atom stereocenters. The number of carbonyl (C=O) groups is 1. The molecule has 0 aliphatic heterocycles. The lowest BCUT2D eigenvalue weighted by molar-refractivity contribution is 0.0769. The summed E-state index contributed by atoms with van der Waals surface area (Å²) in [5, 5.41) is 4.05. The highest BCUT2D eigenvalue weighted by Crippen LogP contribution is 2.17. The first-order valence-corrected chi connectivity index (χ1v) is 4.95. The van der Waals surface area contributed by atoms with E-state index in [1.54, 1.807) is 10.9 Å². The van der Waals surface area contributed by atoms with Gasteiger partial charge in [-0.25, -0.2) is 0 Å². The van der Waals surface area contributed by atoms with Gasteiger partial charge in [0.25, 0.3) is 0 Å². The van der Waals surface area contributed by atoms with Crippen molar-refractivity contribution in [2.24, 2.45) is 0 Å². The van der Waals surface area contributed by atoms with E-state index in [0.717, 1.165) is 0 Å². The van der Waals surface area contributed by atoms with Crippen LogP contribution in [0.1, 0.15) is 24.3 Å². The minimum absolute atomic E-state index is 0.0680. The van der Waals surface area contributed by atoms with Crippen molar-refractivity contribution in [3.8, 4) is 5.75 Å². The minimum atomic E-state index is -0.104. The molecule has 0 aliphatic carbocycles. The van der Waals surface area contributed by atoms with Gasteiger partial charge in [-0.1, -0.05) is 0 Å². The summed E-state index contributed by atoms with van der Waals surface area (Å²) in [6.07, 6.45) is 1.54. The van der Waals surface area contributed by atoms with Gasteiger partial charge in [-0.05, 0) is 13.8 Å². The van der Waals surface area contributed by atoms with Crippen LogP contribution >= 0.6 is 0 Å². The molecule has 84 valence electrons. The number of rotatable bonds is 6. The molecule has 5 heteroatoms. The van der Waals surface area contributed by atoms with Gasteiger partial charge in [-0.15, -0.1) is 0 Å². The van der Waals surface area contributed by atoms with Crippen LogP contribution in [0.5, 0.6) is 5.75 Å². The lowest BCUT2D eigenvalue weighted by Crippen LogP contribution is -2.15. The fourth-order valence-corrected chi connectivity index (χ4v) is 1.30. The van der Waals surface area contributed by atoms with Gasteiger partial charge >= 0.3 is 0 Å². The van der Waals surface area contributed by atoms with Crippen LogP contribution < -0.4 is 4.74 Å². The van der Waals surface area contributed by atoms with Crippen LogP contribution in [0, 0.1) is 0 Å². The molecule has 0 aliphatic rings. The highest BCUT2D eigenvalue weighted by Gasteiger charge is 2.18. The van der Waals surface area contributed by atoms with Crippen molar-refractivity contribution in [3.63, 3.8) is 0 Å². The van der Waals surface area contributed by atoms with Crippen LogP contribution in [0.25, 0.3) is 0 Å². The van der Waals surface area contributed by atoms with E-state index in [9.17, 15) is 4.79 Å². The van der Waals surface area contributed by atoms with E-state index in [-0.39, 0.29) is 12.4 Å². The Morgan fingerprint density at radius 1 is 1.53 bits per heavy atom. The monoisotopic (exact) mass is 212 g/mol. The second-order valence-electron chi connectivity index (χ2n) is 2.94. The number of carbonyl (C=O) groups excluding carboxylic acids is 1. The lowest BCUT2D eigenvalue weighted by atomic mass is 10.3. The molecule has 0 N–H and O–H groups in total. The van der Waals surface area contributed by atoms with Crippen LogP contribution in [0.2, 0.25) is 0 Å². The first-order valence-electron chi connectivity index (χ1n) is 4.95. The van der Waals surface area contributed by atoms with Crippen LogP contribution in [-0.4, -0.2) is 35.9 Å². The summed E-state index contributed by atoms with van der Waals surface area (Å²) in [7, 11) is 1.52. The molecule has 1 aromatic heterocycles. The molecule has 0 aromatic carbocycles. The summed E-state index contributed by atoms with van der Waals surface area (Å²) >= 11 is 0. The number of nitrogens with zero attached hydrogens (tertiary/aromatic N) is 2. The standard InChI is InChI=1S/C10H16N2O3/c1-4-12-10(8(13)7-15-5-2)9(14-3)6-11-12/h6H,4-5,7H2,1-3H3. The molecule has 5 nitrogen and oxygen atoms in total. The SMILES string of the molecule is CCOCC(=O)c1c(OC)cnn1CC. The largest absolute Gasteiger partial charge is 0.493 e. The lowest BCUT2D eigenvalue weighted by Gasteiger charge is -2.05. The first kappa shape index (κ1) is 11.7. The average Bonchev–Trinajstić information content (AvgIpc) is 2.68. The number of methoxy groups -OCH3 is 1. The van der Waals surface area contributed by atoms with E-state index in [1.165, 1.54) is 7.11 Å². The van der Waals surface area contributed by atoms with E-state index in [0.29, 0.717) is 24.6 Å². The van der Waals surface area contributed by atoms with Gasteiger partial charge in [0.05, 0.1) is 13.3 Å². The van der Waals surface area contributed by atoms with Crippen LogP contribution in [0.4, 0.5) is 0 Å². The Labute approximate surface area is 89.0 Å². The number of aryl methyl sites for hydroxylation is 1. The number of aromatic nitrogens is 2. The van der Waals surface area contributed by atoms with Crippen LogP contribution in [-0.2, 0) is 11.3 Å². The molecule has 0 saturated heterocycles. The van der Waals surface area contributed by atoms with Crippen molar-refractivity contribution >= 4 is 5.78 Å². The Morgan fingerprint density at radius 3 is 2.80 bits per heavy atom. The number of Topliss-reactive ketones (excluding diaryl/α,β-unsaturated/α-hetero) is 1. The Hall–Kier alpha value is -1.36. The summed E-state index contributed by atoms with van der Waals surface area (Å²) in [6, 6.07) is 0. The molecule has 1 rings (SSSR count). The summed E-state index contributed by atoms with van der Waals surface area (Å²) < 4.78 is 11.8. The maximum Gasteiger partial charge on any atom is 0.210 e. The van der Waals surface area contributed by atoms with Gasteiger partial charge in [0.1, 0.15) is 12.3 Å². The number of ether oxygens (including phenoxy) is 2. The molecule has 15 heavy (non-hydrogen) atoms. The maximum absolute atomic E-state index is 11.8. The van der Waals surface area contributed by atoms with Gasteiger partial charge in [0, 0.05) is 13.2 Å². The maximum atomic E-state index is 11.8. The predicted molar refractivity (Wildman–Crippen MR) is 55.3 cm³/mol. The molecule has 0 radical (unpaired) electrons. The van der Waals surface area contributed by atoms with Crippen molar-refractivity contribution in [2.75, 3.05) is 20.3 Å². The van der Waals surface area contributed by atoms with E-state index >= 15 is 0 Å². The molecule has 0 bridgehead atoms. The highest BCUT2D eigenvalue weighted by molar-refractivity contribution is 5.98. The third-order valence-corrected chi connectivity index (χ3v) is 2.03. The molecule has 0 atom stereocenters. The zero-order valence-corrected chi connectivity index (χ0v) is 9.32. The van der Waals surface area contributed by atoms with Crippen molar-refractivity contribution in [2.45, 2.75) is 20.4 Å². The third-order valence-electron chi connectivity index (χ3n) is 2.03. The van der Waals surface area contributed by atoms with Crippen LogP contribution in [0.3, 0.4) is 0 Å². The molecule has 0 spiro atoms. The first-order chi connectivity index (χ1) is 7.24. The average molecular weight is 212 g/mol. The normalized spacial score (nSPS) is 10.3. The fourth-order valence-electron chi connectivity index (χ4n) is 1.30. The molecular weight excluding hydrogens is 196 g/mol. The van der Waals surface area contributed by atoms with Gasteiger partial charge in [-0.3, -0.25) is 9.48 Å². The summed E-state index contributed by atoms with van der Waals surface area (Å²) in [5.41, 5.74) is 0.480. The zero-order valence-electron chi connectivity index (χ0n) is 9.32. The molecular formula is C10H16N2O3. The molecule has 0 saturated carbocycles. The van der Waals surface area contributed by atoms with Crippen molar-refractivity contribution in [3.05, 3.63) is 11.9 Å². The predicted octanol–water partition coefficient (Wildman–Crippen LogP) is 1.13. The number of ketones is 1. The van der Waals surface area contributed by atoms with E-state index in [2.05, 4.69) is 5.10 Å². The number of hydrogen-bond acceptors (Lipinski definition) is 4. The summed E-state index contributed by atoms with van der Waals surface area (Å²) in [6.45, 7) is 4.99. The van der Waals surface area contributed by atoms with Crippen LogP contribution in [0.15, 0.2) is 6.20 Å². The Kier molecular flexibility index (Phi) is 4.30. The van der Waals surface area contributed by atoms with Gasteiger partial charge in [-0.2, -0.15) is 5.10 Å². The number of hydrogen-bond donors (Lipinski definition) is 0. The topological polar surface area (TPSA) is 53.4 Å². The van der Waals surface area contributed by atoms with Crippen molar-refractivity contribution in [1.29, 1.82) is 0 Å². The summed E-state index contributed by atoms with van der Waals surface area (Å²) in [5.74, 6) is 0.398. The summed E-state index contributed by atoms with van der Waals surface area (Å²) in [4.78, 5) is 11.8. The minimum Gasteiger partial charge on any atom is -0.493 e. The van der Waals surface area contributed by atoms with Gasteiger partial charge in [0.15, 0.2) is 5.75 Å². The molecule has 1 heterocycles. The molecule has 1 aromatic rings. The molecule has 0 amide bonds. The fraction of sp³-hybridized carbons (Fsp3) is 0.600. The van der Waals surface area contributed by atoms with E-state index in [4.69, 9.17) is 9.47 Å². The highest BCUT2D eigenvalue weighted by atomic mass is 16.5. The third kappa shape index (κ3) is 2.56. The Bertz CT molecular complexity index is 312. The molecule has 0 fully saturated rings. The quantitative estimate of drug-likeness (QED) is 0.663. The Morgan fingerprint density at radius 2 is 2.27 bits per heavy atom. The second-order valence-corrected chi connectivity index (χ2v) is 2.94. The Balaban J connectivity index is 2.88. The van der Waals surface area contributed by atoms with Gasteiger partial charge in [0.2, 0.25) is 5.78 Å². The van der Waals surface area contributed by atoms with E-state index in [1.807, 2.05) is 13.8 Å². The smallest absolute Gasteiger partial charge is 0.210 e.